The molecule has 0 unspecified atom stereocenters. The molecule has 0 aliphatic rings. The van der Waals surface area contributed by atoms with E-state index in [1.54, 1.807) is 0 Å². The van der Waals surface area contributed by atoms with Gasteiger partial charge in [-0.2, -0.15) is 0 Å². The quantitative estimate of drug-likeness (QED) is 0.665. The highest BCUT2D eigenvalue weighted by Gasteiger charge is 1.99. The minimum Gasteiger partial charge on any atom is -0.330 e. The summed E-state index contributed by atoms with van der Waals surface area (Å²) in [6, 6.07) is 10.7. The SMILES string of the molecule is CN(CCCCCCCN)Cc1ccccc1. The van der Waals surface area contributed by atoms with E-state index in [0.29, 0.717) is 0 Å². The maximum Gasteiger partial charge on any atom is 0.0230 e. The van der Waals surface area contributed by atoms with Gasteiger partial charge in [-0.25, -0.2) is 0 Å². The number of rotatable bonds is 9. The number of benzene rings is 1. The molecule has 17 heavy (non-hydrogen) atoms. The van der Waals surface area contributed by atoms with E-state index in [1.807, 2.05) is 0 Å². The first-order valence-electron chi connectivity index (χ1n) is 6.75. The first kappa shape index (κ1) is 14.2. The second kappa shape index (κ2) is 9.20. The van der Waals surface area contributed by atoms with Crippen molar-refractivity contribution in [2.75, 3.05) is 20.1 Å². The van der Waals surface area contributed by atoms with Gasteiger partial charge in [0.15, 0.2) is 0 Å². The highest BCUT2D eigenvalue weighted by molar-refractivity contribution is 5.14. The van der Waals surface area contributed by atoms with E-state index in [1.165, 1.54) is 44.2 Å². The maximum absolute atomic E-state index is 5.47. The van der Waals surface area contributed by atoms with E-state index in [9.17, 15) is 0 Å². The summed E-state index contributed by atoms with van der Waals surface area (Å²) in [5.74, 6) is 0. The molecule has 96 valence electrons. The van der Waals surface area contributed by atoms with Crippen molar-refractivity contribution in [3.63, 3.8) is 0 Å². The van der Waals surface area contributed by atoms with Crippen molar-refractivity contribution < 1.29 is 0 Å². The van der Waals surface area contributed by atoms with Crippen molar-refractivity contribution in [3.05, 3.63) is 35.9 Å². The molecule has 0 saturated carbocycles. The fourth-order valence-electron chi connectivity index (χ4n) is 2.03. The van der Waals surface area contributed by atoms with Gasteiger partial charge in [0.2, 0.25) is 0 Å². The molecule has 2 N–H and O–H groups in total. The van der Waals surface area contributed by atoms with Crippen LogP contribution in [0.3, 0.4) is 0 Å². The van der Waals surface area contributed by atoms with Gasteiger partial charge in [-0.1, -0.05) is 49.6 Å². The van der Waals surface area contributed by atoms with Crippen molar-refractivity contribution >= 4 is 0 Å². The lowest BCUT2D eigenvalue weighted by Crippen LogP contribution is -2.18. The van der Waals surface area contributed by atoms with Crippen LogP contribution in [0.4, 0.5) is 0 Å². The monoisotopic (exact) mass is 234 g/mol. The van der Waals surface area contributed by atoms with Gasteiger partial charge in [0, 0.05) is 6.54 Å². The average Bonchev–Trinajstić information content (AvgIpc) is 2.35. The standard InChI is InChI=1S/C15H26N2/c1-17(13-9-4-2-3-8-12-16)14-15-10-6-5-7-11-15/h5-7,10-11H,2-4,8-9,12-14,16H2,1H3. The molecule has 1 rings (SSSR count). The molecule has 2 nitrogen and oxygen atoms in total. The van der Waals surface area contributed by atoms with E-state index >= 15 is 0 Å². The molecule has 0 fully saturated rings. The molecule has 0 heterocycles. The summed E-state index contributed by atoms with van der Waals surface area (Å²) in [4.78, 5) is 2.40. The molecule has 0 saturated heterocycles. The van der Waals surface area contributed by atoms with Crippen LogP contribution < -0.4 is 5.73 Å². The normalized spacial score (nSPS) is 11.0. The van der Waals surface area contributed by atoms with E-state index in [0.717, 1.165) is 13.1 Å². The molecule has 0 bridgehead atoms. The van der Waals surface area contributed by atoms with Gasteiger partial charge >= 0.3 is 0 Å². The summed E-state index contributed by atoms with van der Waals surface area (Å²) in [7, 11) is 2.20. The van der Waals surface area contributed by atoms with Crippen molar-refractivity contribution in [2.24, 2.45) is 5.73 Å². The van der Waals surface area contributed by atoms with E-state index < -0.39 is 0 Å². The first-order chi connectivity index (χ1) is 8.33. The molecule has 0 atom stereocenters. The van der Waals surface area contributed by atoms with E-state index in [2.05, 4.69) is 42.3 Å². The van der Waals surface area contributed by atoms with Crippen molar-refractivity contribution in [1.29, 1.82) is 0 Å². The first-order valence-corrected chi connectivity index (χ1v) is 6.75. The van der Waals surface area contributed by atoms with E-state index in [4.69, 9.17) is 5.73 Å². The lowest BCUT2D eigenvalue weighted by molar-refractivity contribution is 0.316. The molecular formula is C15H26N2. The zero-order valence-corrected chi connectivity index (χ0v) is 11.1. The smallest absolute Gasteiger partial charge is 0.0230 e. The number of nitrogens with two attached hydrogens (primary N) is 1. The number of nitrogens with zero attached hydrogens (tertiary/aromatic N) is 1. The molecular weight excluding hydrogens is 208 g/mol. The Hall–Kier alpha value is -0.860. The minimum atomic E-state index is 0.841. The summed E-state index contributed by atoms with van der Waals surface area (Å²) in [5, 5.41) is 0. The number of hydrogen-bond donors (Lipinski definition) is 1. The second-order valence-electron chi connectivity index (χ2n) is 4.78. The van der Waals surface area contributed by atoms with Crippen molar-refractivity contribution in [2.45, 2.75) is 38.6 Å². The number of unbranched alkanes of at least 4 members (excludes halogenated alkanes) is 4. The summed E-state index contributed by atoms with van der Waals surface area (Å²) < 4.78 is 0. The summed E-state index contributed by atoms with van der Waals surface area (Å²) in [6.07, 6.45) is 6.43. The largest absolute Gasteiger partial charge is 0.330 e. The zero-order valence-electron chi connectivity index (χ0n) is 11.1. The number of hydrogen-bond acceptors (Lipinski definition) is 2. The third-order valence-corrected chi connectivity index (χ3v) is 3.04. The van der Waals surface area contributed by atoms with Gasteiger partial charge in [-0.3, -0.25) is 0 Å². The van der Waals surface area contributed by atoms with Crippen LogP contribution in [0.15, 0.2) is 30.3 Å². The lowest BCUT2D eigenvalue weighted by Gasteiger charge is -2.16. The van der Waals surface area contributed by atoms with Crippen LogP contribution in [0.2, 0.25) is 0 Å². The molecule has 2 heteroatoms. The van der Waals surface area contributed by atoms with E-state index in [-0.39, 0.29) is 0 Å². The molecule has 0 aliphatic carbocycles. The highest BCUT2D eigenvalue weighted by Crippen LogP contribution is 2.06. The topological polar surface area (TPSA) is 29.3 Å². The predicted molar refractivity (Wildman–Crippen MR) is 74.9 cm³/mol. The Balaban J connectivity index is 2.03. The fraction of sp³-hybridized carbons (Fsp3) is 0.600. The summed E-state index contributed by atoms with van der Waals surface area (Å²) in [6.45, 7) is 3.09. The molecule has 0 spiro atoms. The Kier molecular flexibility index (Phi) is 7.69. The van der Waals surface area contributed by atoms with Crippen LogP contribution >= 0.6 is 0 Å². The molecule has 1 aromatic rings. The van der Waals surface area contributed by atoms with Crippen molar-refractivity contribution in [1.82, 2.24) is 4.90 Å². The lowest BCUT2D eigenvalue weighted by atomic mass is 10.1. The fourth-order valence-corrected chi connectivity index (χ4v) is 2.03. The second-order valence-corrected chi connectivity index (χ2v) is 4.78. The van der Waals surface area contributed by atoms with Crippen LogP contribution in [-0.2, 0) is 6.54 Å². The van der Waals surface area contributed by atoms with Gasteiger partial charge < -0.3 is 10.6 Å². The Morgan fingerprint density at radius 3 is 2.29 bits per heavy atom. The Morgan fingerprint density at radius 1 is 0.941 bits per heavy atom. The Morgan fingerprint density at radius 2 is 1.59 bits per heavy atom. The average molecular weight is 234 g/mol. The van der Waals surface area contributed by atoms with Gasteiger partial charge in [0.25, 0.3) is 0 Å². The van der Waals surface area contributed by atoms with Crippen LogP contribution in [-0.4, -0.2) is 25.0 Å². The summed E-state index contributed by atoms with van der Waals surface area (Å²) in [5.41, 5.74) is 6.87. The van der Waals surface area contributed by atoms with Gasteiger partial charge in [0.05, 0.1) is 0 Å². The van der Waals surface area contributed by atoms with Crippen LogP contribution in [0.25, 0.3) is 0 Å². The summed E-state index contributed by atoms with van der Waals surface area (Å²) >= 11 is 0. The van der Waals surface area contributed by atoms with Crippen LogP contribution in [0, 0.1) is 0 Å². The van der Waals surface area contributed by atoms with Crippen LogP contribution in [0.1, 0.15) is 37.7 Å². The third kappa shape index (κ3) is 7.14. The highest BCUT2D eigenvalue weighted by atomic mass is 15.1. The van der Waals surface area contributed by atoms with Gasteiger partial charge in [-0.05, 0) is 38.5 Å². The molecule has 0 radical (unpaired) electrons. The molecule has 1 aromatic carbocycles. The van der Waals surface area contributed by atoms with Crippen LogP contribution in [0.5, 0.6) is 0 Å². The van der Waals surface area contributed by atoms with Gasteiger partial charge in [-0.15, -0.1) is 0 Å². The third-order valence-electron chi connectivity index (χ3n) is 3.04. The Labute approximate surface area is 106 Å². The van der Waals surface area contributed by atoms with Gasteiger partial charge in [0.1, 0.15) is 0 Å². The predicted octanol–water partition coefficient (Wildman–Crippen LogP) is 3.03. The Bertz CT molecular complexity index is 272. The van der Waals surface area contributed by atoms with Crippen molar-refractivity contribution in [3.8, 4) is 0 Å². The maximum atomic E-state index is 5.47. The minimum absolute atomic E-state index is 0.841. The molecule has 0 aromatic heterocycles. The zero-order chi connectivity index (χ0) is 12.3. The molecule has 0 amide bonds. The molecule has 0 aliphatic heterocycles.